The van der Waals surface area contributed by atoms with Crippen molar-refractivity contribution in [3.63, 3.8) is 0 Å². The van der Waals surface area contributed by atoms with Crippen molar-refractivity contribution in [1.29, 1.82) is 0 Å². The lowest BCUT2D eigenvalue weighted by atomic mass is 10.1. The average Bonchev–Trinajstić information content (AvgIpc) is 2.65. The Hall–Kier alpha value is -2.63. The molecule has 0 aliphatic carbocycles. The Labute approximate surface area is 167 Å². The van der Waals surface area contributed by atoms with E-state index in [1.54, 1.807) is 0 Å². The van der Waals surface area contributed by atoms with Gasteiger partial charge in [0.15, 0.2) is 0 Å². The predicted molar refractivity (Wildman–Crippen MR) is 99.5 cm³/mol. The molecule has 0 heterocycles. The summed E-state index contributed by atoms with van der Waals surface area (Å²) in [6.07, 6.45) is -0.868. The van der Waals surface area contributed by atoms with E-state index >= 15 is 0 Å². The minimum absolute atomic E-state index is 0.0762. The van der Waals surface area contributed by atoms with E-state index in [2.05, 4.69) is 23.3 Å². The molecule has 0 spiro atoms. The third-order valence-electron chi connectivity index (χ3n) is 3.63. The molecular weight excluding hydrogens is 394 g/mol. The van der Waals surface area contributed by atoms with Crippen molar-refractivity contribution >= 4 is 48.2 Å². The lowest BCUT2D eigenvalue weighted by Gasteiger charge is -2.26. The Balaban J connectivity index is 5.02. The van der Waals surface area contributed by atoms with Gasteiger partial charge in [0.25, 0.3) is 0 Å². The van der Waals surface area contributed by atoms with Crippen molar-refractivity contribution in [2.24, 2.45) is 0 Å². The average molecular weight is 419 g/mol. The smallest absolute Gasteiger partial charge is 0.326 e. The standard InChI is InChI=1S/C16H25N3O8S/c1-3-12(21)19(13(22)4-2)10(16(26)27)5-6-11(20)18-9(8-28)15(25)17-7-14(23)24/h9-10,28H,3-8H2,1-2H3,(H,17,25)(H,18,20)(H,23,24)(H,26,27)/t9-,10-/m0/s1. The van der Waals surface area contributed by atoms with Crippen LogP contribution in [0.3, 0.4) is 0 Å². The molecule has 0 bridgehead atoms. The molecule has 4 amide bonds. The Bertz CT molecular complexity index is 609. The van der Waals surface area contributed by atoms with Crippen molar-refractivity contribution in [3.05, 3.63) is 0 Å². The number of amides is 4. The second-order valence-corrected chi connectivity index (χ2v) is 6.04. The molecule has 0 rings (SSSR count). The van der Waals surface area contributed by atoms with Gasteiger partial charge in [-0.25, -0.2) is 4.79 Å². The Kier molecular flexibility index (Phi) is 11.5. The second-order valence-electron chi connectivity index (χ2n) is 5.67. The van der Waals surface area contributed by atoms with Crippen LogP contribution in [0.4, 0.5) is 0 Å². The summed E-state index contributed by atoms with van der Waals surface area (Å²) in [5.41, 5.74) is 0. The van der Waals surface area contributed by atoms with E-state index in [1.165, 1.54) is 13.8 Å². The number of aliphatic carboxylic acids is 2. The lowest BCUT2D eigenvalue weighted by Crippen LogP contribution is -2.50. The van der Waals surface area contributed by atoms with Crippen molar-refractivity contribution in [2.45, 2.75) is 51.6 Å². The summed E-state index contributed by atoms with van der Waals surface area (Å²) in [7, 11) is 0. The summed E-state index contributed by atoms with van der Waals surface area (Å²) in [6.45, 7) is 2.33. The van der Waals surface area contributed by atoms with Crippen LogP contribution >= 0.6 is 12.6 Å². The highest BCUT2D eigenvalue weighted by atomic mass is 32.1. The highest BCUT2D eigenvalue weighted by molar-refractivity contribution is 7.80. The first-order valence-corrected chi connectivity index (χ1v) is 9.19. The highest BCUT2D eigenvalue weighted by Gasteiger charge is 2.33. The number of nitrogens with zero attached hydrogens (tertiary/aromatic N) is 1. The van der Waals surface area contributed by atoms with Gasteiger partial charge in [0, 0.05) is 25.0 Å². The zero-order valence-electron chi connectivity index (χ0n) is 15.6. The molecule has 4 N–H and O–H groups in total. The topological polar surface area (TPSA) is 170 Å². The molecule has 28 heavy (non-hydrogen) atoms. The Morgan fingerprint density at radius 1 is 1.00 bits per heavy atom. The molecular formula is C16H25N3O8S. The van der Waals surface area contributed by atoms with Crippen LogP contribution in [0.5, 0.6) is 0 Å². The van der Waals surface area contributed by atoms with Crippen LogP contribution in [0, 0.1) is 0 Å². The van der Waals surface area contributed by atoms with Crippen LogP contribution < -0.4 is 10.6 Å². The SMILES string of the molecule is CCC(=O)N(C(=O)CC)[C@@H](CCC(=O)N[C@@H](CS)C(=O)NCC(=O)O)C(=O)O. The van der Waals surface area contributed by atoms with E-state index < -0.39 is 54.2 Å². The molecule has 0 saturated heterocycles. The normalized spacial score (nSPS) is 12.4. The number of hydrogen-bond donors (Lipinski definition) is 5. The van der Waals surface area contributed by atoms with Crippen molar-refractivity contribution in [1.82, 2.24) is 15.5 Å². The summed E-state index contributed by atoms with van der Waals surface area (Å²) >= 11 is 3.91. The van der Waals surface area contributed by atoms with E-state index in [9.17, 15) is 33.9 Å². The van der Waals surface area contributed by atoms with Crippen LogP contribution in [0.2, 0.25) is 0 Å². The maximum Gasteiger partial charge on any atom is 0.326 e. The number of nitrogens with one attached hydrogen (secondary N) is 2. The van der Waals surface area contributed by atoms with Gasteiger partial charge in [-0.05, 0) is 6.42 Å². The third-order valence-corrected chi connectivity index (χ3v) is 4.00. The second kappa shape index (κ2) is 12.7. The fraction of sp³-hybridized carbons (Fsp3) is 0.625. The van der Waals surface area contributed by atoms with Crippen molar-refractivity contribution in [2.75, 3.05) is 12.3 Å². The third kappa shape index (κ3) is 8.37. The number of carboxylic acids is 2. The summed E-state index contributed by atoms with van der Waals surface area (Å²) < 4.78 is 0. The molecule has 158 valence electrons. The zero-order chi connectivity index (χ0) is 21.9. The molecule has 11 nitrogen and oxygen atoms in total. The quantitative estimate of drug-likeness (QED) is 0.251. The Morgan fingerprint density at radius 2 is 1.54 bits per heavy atom. The molecule has 0 unspecified atom stereocenters. The number of carbonyl (C=O) groups is 6. The summed E-state index contributed by atoms with van der Waals surface area (Å²) in [5.74, 6) is -5.60. The fourth-order valence-electron chi connectivity index (χ4n) is 2.20. The molecule has 2 atom stereocenters. The van der Waals surface area contributed by atoms with Crippen LogP contribution in [0.1, 0.15) is 39.5 Å². The molecule has 0 aliphatic heterocycles. The van der Waals surface area contributed by atoms with Crippen LogP contribution in [0.25, 0.3) is 0 Å². The number of carbonyl (C=O) groups excluding carboxylic acids is 4. The summed E-state index contributed by atoms with van der Waals surface area (Å²) in [5, 5.41) is 22.3. The van der Waals surface area contributed by atoms with Crippen molar-refractivity contribution in [3.8, 4) is 0 Å². The molecule has 0 aromatic carbocycles. The molecule has 0 aliphatic rings. The van der Waals surface area contributed by atoms with Gasteiger partial charge < -0.3 is 20.8 Å². The van der Waals surface area contributed by atoms with E-state index in [-0.39, 0.29) is 31.4 Å². The number of hydrogen-bond acceptors (Lipinski definition) is 7. The van der Waals surface area contributed by atoms with Gasteiger partial charge in [-0.3, -0.25) is 28.9 Å². The zero-order valence-corrected chi connectivity index (χ0v) is 16.5. The van der Waals surface area contributed by atoms with Gasteiger partial charge in [-0.2, -0.15) is 12.6 Å². The minimum Gasteiger partial charge on any atom is -0.480 e. The van der Waals surface area contributed by atoms with E-state index in [0.29, 0.717) is 4.90 Å². The van der Waals surface area contributed by atoms with Crippen LogP contribution in [0.15, 0.2) is 0 Å². The first-order chi connectivity index (χ1) is 13.1. The molecule has 0 saturated carbocycles. The maximum absolute atomic E-state index is 12.1. The molecule has 0 aromatic heterocycles. The number of carboxylic acid groups (broad SMARTS) is 2. The van der Waals surface area contributed by atoms with E-state index in [4.69, 9.17) is 5.11 Å². The molecule has 12 heteroatoms. The van der Waals surface area contributed by atoms with Gasteiger partial charge in [0.2, 0.25) is 23.6 Å². The van der Waals surface area contributed by atoms with Crippen LogP contribution in [-0.4, -0.2) is 75.1 Å². The number of rotatable bonds is 12. The van der Waals surface area contributed by atoms with E-state index in [0.717, 1.165) is 0 Å². The maximum atomic E-state index is 12.1. The molecule has 0 fully saturated rings. The van der Waals surface area contributed by atoms with Gasteiger partial charge in [0.05, 0.1) is 0 Å². The van der Waals surface area contributed by atoms with Gasteiger partial charge in [0.1, 0.15) is 18.6 Å². The number of thiol groups is 1. The molecule has 0 radical (unpaired) electrons. The number of imide groups is 1. The van der Waals surface area contributed by atoms with Gasteiger partial charge in [-0.1, -0.05) is 13.8 Å². The highest BCUT2D eigenvalue weighted by Crippen LogP contribution is 2.12. The van der Waals surface area contributed by atoms with Gasteiger partial charge >= 0.3 is 11.9 Å². The first kappa shape index (κ1) is 25.4. The molecule has 0 aromatic rings. The predicted octanol–water partition coefficient (Wildman–Crippen LogP) is -0.990. The Morgan fingerprint density at radius 3 is 1.93 bits per heavy atom. The summed E-state index contributed by atoms with van der Waals surface area (Å²) in [4.78, 5) is 70.4. The largest absolute Gasteiger partial charge is 0.480 e. The van der Waals surface area contributed by atoms with Crippen LogP contribution in [-0.2, 0) is 28.8 Å². The first-order valence-electron chi connectivity index (χ1n) is 8.56. The van der Waals surface area contributed by atoms with Crippen molar-refractivity contribution < 1.29 is 39.0 Å². The lowest BCUT2D eigenvalue weighted by molar-refractivity contribution is -0.158. The van der Waals surface area contributed by atoms with Gasteiger partial charge in [-0.15, -0.1) is 0 Å². The minimum atomic E-state index is -1.51. The monoisotopic (exact) mass is 419 g/mol. The van der Waals surface area contributed by atoms with E-state index in [1.807, 2.05) is 0 Å². The summed E-state index contributed by atoms with van der Waals surface area (Å²) in [6, 6.07) is -2.63. The fourth-order valence-corrected chi connectivity index (χ4v) is 2.46.